The van der Waals surface area contributed by atoms with Gasteiger partial charge in [-0.3, -0.25) is 4.79 Å². The van der Waals surface area contributed by atoms with E-state index in [0.29, 0.717) is 11.5 Å². The number of aromatic amines is 1. The third-order valence-electron chi connectivity index (χ3n) is 4.11. The molecule has 0 aliphatic rings. The SMILES string of the molecule is Cc1ccc(/C=N/NC(=O)c2[nH]c3ccccc3c2-c2ccccc2)o1. The Morgan fingerprint density at radius 2 is 1.81 bits per heavy atom. The van der Waals surface area contributed by atoms with E-state index in [9.17, 15) is 4.79 Å². The van der Waals surface area contributed by atoms with Crippen LogP contribution in [0.5, 0.6) is 0 Å². The Morgan fingerprint density at radius 3 is 2.58 bits per heavy atom. The average molecular weight is 343 g/mol. The highest BCUT2D eigenvalue weighted by atomic mass is 16.3. The lowest BCUT2D eigenvalue weighted by atomic mass is 10.0. The average Bonchev–Trinajstić information content (AvgIpc) is 3.26. The molecule has 2 aromatic heterocycles. The first-order chi connectivity index (χ1) is 12.7. The summed E-state index contributed by atoms with van der Waals surface area (Å²) in [6.07, 6.45) is 1.48. The first kappa shape index (κ1) is 15.9. The lowest BCUT2D eigenvalue weighted by Gasteiger charge is -2.04. The third-order valence-corrected chi connectivity index (χ3v) is 4.11. The predicted octanol–water partition coefficient (Wildman–Crippen LogP) is 4.50. The Balaban J connectivity index is 1.69. The van der Waals surface area contributed by atoms with Crippen LogP contribution in [0, 0.1) is 6.92 Å². The van der Waals surface area contributed by atoms with Gasteiger partial charge in [0.1, 0.15) is 17.2 Å². The lowest BCUT2D eigenvalue weighted by molar-refractivity contribution is 0.0951. The number of nitrogens with zero attached hydrogens (tertiary/aromatic N) is 1. The predicted molar refractivity (Wildman–Crippen MR) is 102 cm³/mol. The van der Waals surface area contributed by atoms with Crippen molar-refractivity contribution >= 4 is 23.0 Å². The number of hydrogen-bond donors (Lipinski definition) is 2. The van der Waals surface area contributed by atoms with E-state index >= 15 is 0 Å². The molecule has 0 unspecified atom stereocenters. The minimum absolute atomic E-state index is 0.306. The van der Waals surface area contributed by atoms with Crippen molar-refractivity contribution in [2.45, 2.75) is 6.92 Å². The molecule has 0 spiro atoms. The summed E-state index contributed by atoms with van der Waals surface area (Å²) in [4.78, 5) is 15.9. The van der Waals surface area contributed by atoms with Crippen LogP contribution in [0.3, 0.4) is 0 Å². The molecule has 26 heavy (non-hydrogen) atoms. The van der Waals surface area contributed by atoms with E-state index in [1.165, 1.54) is 6.21 Å². The largest absolute Gasteiger partial charge is 0.460 e. The number of rotatable bonds is 4. The quantitative estimate of drug-likeness (QED) is 0.423. The topological polar surface area (TPSA) is 70.4 Å². The molecular formula is C21H17N3O2. The van der Waals surface area contributed by atoms with Crippen LogP contribution in [0.1, 0.15) is 22.0 Å². The van der Waals surface area contributed by atoms with Crippen molar-refractivity contribution in [3.8, 4) is 11.1 Å². The summed E-state index contributed by atoms with van der Waals surface area (Å²) in [5.74, 6) is 1.07. The fourth-order valence-corrected chi connectivity index (χ4v) is 2.95. The molecule has 0 fully saturated rings. The number of aromatic nitrogens is 1. The molecule has 4 rings (SSSR count). The molecule has 4 aromatic rings. The Kier molecular flexibility index (Phi) is 4.11. The molecule has 2 N–H and O–H groups in total. The number of carbonyl (C=O) groups excluding carboxylic acids is 1. The van der Waals surface area contributed by atoms with Gasteiger partial charge in [-0.1, -0.05) is 48.5 Å². The molecule has 0 saturated heterocycles. The number of furan rings is 1. The molecule has 1 amide bonds. The van der Waals surface area contributed by atoms with E-state index in [2.05, 4.69) is 15.5 Å². The van der Waals surface area contributed by atoms with E-state index in [4.69, 9.17) is 4.42 Å². The second-order valence-electron chi connectivity index (χ2n) is 5.93. The van der Waals surface area contributed by atoms with E-state index < -0.39 is 0 Å². The number of fused-ring (bicyclic) bond motifs is 1. The highest BCUT2D eigenvalue weighted by Crippen LogP contribution is 2.32. The van der Waals surface area contributed by atoms with Crippen LogP contribution < -0.4 is 5.43 Å². The Labute approximate surface area is 150 Å². The molecule has 0 aliphatic carbocycles. The number of H-pyrrole nitrogens is 1. The van der Waals surface area contributed by atoms with Crippen molar-refractivity contribution in [1.82, 2.24) is 10.4 Å². The third kappa shape index (κ3) is 3.02. The zero-order valence-corrected chi connectivity index (χ0v) is 14.2. The first-order valence-electron chi connectivity index (χ1n) is 8.28. The summed E-state index contributed by atoms with van der Waals surface area (Å²) in [7, 11) is 0. The van der Waals surface area contributed by atoms with Gasteiger partial charge in [0.25, 0.3) is 5.91 Å². The van der Waals surface area contributed by atoms with Gasteiger partial charge in [0, 0.05) is 16.5 Å². The number of amides is 1. The lowest BCUT2D eigenvalue weighted by Crippen LogP contribution is -2.18. The molecule has 0 aliphatic heterocycles. The number of hydrogen-bond acceptors (Lipinski definition) is 3. The van der Waals surface area contributed by atoms with Crippen molar-refractivity contribution < 1.29 is 9.21 Å². The van der Waals surface area contributed by atoms with Crippen LogP contribution in [-0.2, 0) is 0 Å². The number of aryl methyl sites for hydroxylation is 1. The number of para-hydroxylation sites is 1. The fourth-order valence-electron chi connectivity index (χ4n) is 2.95. The van der Waals surface area contributed by atoms with Gasteiger partial charge < -0.3 is 9.40 Å². The second kappa shape index (κ2) is 6.72. The number of hydrazone groups is 1. The molecule has 0 radical (unpaired) electrons. The van der Waals surface area contributed by atoms with Crippen molar-refractivity contribution in [3.63, 3.8) is 0 Å². The molecule has 128 valence electrons. The maximum absolute atomic E-state index is 12.7. The van der Waals surface area contributed by atoms with Gasteiger partial charge in [-0.2, -0.15) is 5.10 Å². The smallest absolute Gasteiger partial charge is 0.288 e. The van der Waals surface area contributed by atoms with Gasteiger partial charge in [-0.25, -0.2) is 5.43 Å². The molecule has 2 aromatic carbocycles. The summed E-state index contributed by atoms with van der Waals surface area (Å²) in [5, 5.41) is 4.99. The van der Waals surface area contributed by atoms with Gasteiger partial charge in [0.15, 0.2) is 0 Å². The van der Waals surface area contributed by atoms with Gasteiger partial charge in [0.05, 0.1) is 6.21 Å². The van der Waals surface area contributed by atoms with Crippen LogP contribution in [0.4, 0.5) is 0 Å². The van der Waals surface area contributed by atoms with Crippen molar-refractivity contribution in [1.29, 1.82) is 0 Å². The second-order valence-corrected chi connectivity index (χ2v) is 5.93. The van der Waals surface area contributed by atoms with Gasteiger partial charge in [0.2, 0.25) is 0 Å². The fraction of sp³-hybridized carbons (Fsp3) is 0.0476. The summed E-state index contributed by atoms with van der Waals surface area (Å²) in [5.41, 5.74) is 5.79. The Morgan fingerprint density at radius 1 is 1.04 bits per heavy atom. The highest BCUT2D eigenvalue weighted by molar-refractivity contribution is 6.09. The molecule has 2 heterocycles. The van der Waals surface area contributed by atoms with Crippen molar-refractivity contribution in [2.75, 3.05) is 0 Å². The minimum Gasteiger partial charge on any atom is -0.460 e. The Bertz CT molecular complexity index is 1090. The summed E-state index contributed by atoms with van der Waals surface area (Å²) >= 11 is 0. The van der Waals surface area contributed by atoms with E-state index in [-0.39, 0.29) is 5.91 Å². The zero-order chi connectivity index (χ0) is 17.9. The maximum atomic E-state index is 12.7. The van der Waals surface area contributed by atoms with E-state index in [1.54, 1.807) is 6.07 Å². The van der Waals surface area contributed by atoms with Gasteiger partial charge in [-0.15, -0.1) is 0 Å². The molecule has 5 heteroatoms. The van der Waals surface area contributed by atoms with Crippen LogP contribution in [-0.4, -0.2) is 17.1 Å². The molecular weight excluding hydrogens is 326 g/mol. The van der Waals surface area contributed by atoms with Gasteiger partial charge >= 0.3 is 0 Å². The zero-order valence-electron chi connectivity index (χ0n) is 14.2. The highest BCUT2D eigenvalue weighted by Gasteiger charge is 2.18. The van der Waals surface area contributed by atoms with Crippen molar-refractivity contribution in [3.05, 3.63) is 83.9 Å². The molecule has 5 nitrogen and oxygen atoms in total. The monoisotopic (exact) mass is 343 g/mol. The Hall–Kier alpha value is -3.60. The number of nitrogens with one attached hydrogen (secondary N) is 2. The number of carbonyl (C=O) groups is 1. The van der Waals surface area contributed by atoms with Crippen LogP contribution >= 0.6 is 0 Å². The van der Waals surface area contributed by atoms with E-state index in [0.717, 1.165) is 27.8 Å². The van der Waals surface area contributed by atoms with E-state index in [1.807, 2.05) is 67.6 Å². The summed E-state index contributed by atoms with van der Waals surface area (Å²) < 4.78 is 5.40. The minimum atomic E-state index is -0.306. The summed E-state index contributed by atoms with van der Waals surface area (Å²) in [6.45, 7) is 1.85. The summed E-state index contributed by atoms with van der Waals surface area (Å²) in [6, 6.07) is 21.3. The number of benzene rings is 2. The molecule has 0 saturated carbocycles. The maximum Gasteiger partial charge on any atom is 0.288 e. The molecule has 0 atom stereocenters. The molecule has 0 bridgehead atoms. The van der Waals surface area contributed by atoms with Crippen LogP contribution in [0.2, 0.25) is 0 Å². The standard InChI is InChI=1S/C21H17N3O2/c1-14-11-12-16(26-14)13-22-24-21(25)20-19(15-7-3-2-4-8-15)17-9-5-6-10-18(17)23-20/h2-13,23H,1H3,(H,24,25)/b22-13+. The van der Waals surface area contributed by atoms with Gasteiger partial charge in [-0.05, 0) is 30.7 Å². The normalized spacial score (nSPS) is 11.3. The van der Waals surface area contributed by atoms with Crippen LogP contribution in [0.25, 0.3) is 22.0 Å². The first-order valence-corrected chi connectivity index (χ1v) is 8.28. The van der Waals surface area contributed by atoms with Crippen molar-refractivity contribution in [2.24, 2.45) is 5.10 Å². The van der Waals surface area contributed by atoms with Crippen LogP contribution in [0.15, 0.2) is 76.2 Å².